The van der Waals surface area contributed by atoms with Crippen LogP contribution in [-0.4, -0.2) is 4.98 Å². The van der Waals surface area contributed by atoms with E-state index < -0.39 is 0 Å². The summed E-state index contributed by atoms with van der Waals surface area (Å²) in [6.45, 7) is 10.3. The largest absolute Gasteiger partial charge is 0.257 e. The van der Waals surface area contributed by atoms with Crippen LogP contribution in [0.1, 0.15) is 38.6 Å². The van der Waals surface area contributed by atoms with Gasteiger partial charge in [0.05, 0.1) is 5.69 Å². The van der Waals surface area contributed by atoms with E-state index in [1.165, 1.54) is 0 Å². The molecular weight excluding hydrogens is 202 g/mol. The van der Waals surface area contributed by atoms with Gasteiger partial charge < -0.3 is 0 Å². The number of rotatable bonds is 4. The molecule has 0 fully saturated rings. The van der Waals surface area contributed by atoms with E-state index in [0.29, 0.717) is 0 Å². The molecule has 82 valence electrons. The maximum Gasteiger partial charge on any atom is 0.0511 e. The normalized spacial score (nSPS) is 11.5. The summed E-state index contributed by atoms with van der Waals surface area (Å²) in [4.78, 5) is 5.50. The number of nitrogens with zero attached hydrogens (tertiary/aromatic N) is 1. The predicted octanol–water partition coefficient (Wildman–Crippen LogP) is 3.76. The Balaban J connectivity index is 3.04. The Morgan fingerprint density at radius 3 is 2.67 bits per heavy atom. The molecule has 0 aliphatic carbocycles. The Hall–Kier alpha value is -0.760. The first kappa shape index (κ1) is 12.3. The molecular formula is C13H19NS. The minimum atomic E-state index is -0.160. The van der Waals surface area contributed by atoms with E-state index >= 15 is 0 Å². The molecule has 15 heavy (non-hydrogen) atoms. The highest BCUT2D eigenvalue weighted by Crippen LogP contribution is 2.31. The lowest BCUT2D eigenvalue weighted by molar-refractivity contribution is 0.629. The number of pyridine rings is 1. The molecule has 1 aromatic heterocycles. The predicted molar refractivity (Wildman–Crippen MR) is 69.4 cm³/mol. The first-order valence-corrected chi connectivity index (χ1v) is 5.78. The van der Waals surface area contributed by atoms with E-state index in [2.05, 4.69) is 57.1 Å². The standard InChI is InChI=1S/C13H19NS/c1-5-7-11-8-6-9-12(14-11)13(3,4)10(2)15/h6,8-9,15H,2,5,7H2,1,3-4H3. The van der Waals surface area contributed by atoms with Crippen LogP contribution in [0.25, 0.3) is 0 Å². The van der Waals surface area contributed by atoms with Gasteiger partial charge >= 0.3 is 0 Å². The summed E-state index contributed by atoms with van der Waals surface area (Å²) in [5.74, 6) is 0. The first-order valence-electron chi connectivity index (χ1n) is 5.33. The molecule has 0 aliphatic heterocycles. The number of hydrogen-bond donors (Lipinski definition) is 1. The molecule has 0 amide bonds. The number of aromatic nitrogens is 1. The molecule has 0 saturated carbocycles. The van der Waals surface area contributed by atoms with Gasteiger partial charge in [-0.3, -0.25) is 4.98 Å². The summed E-state index contributed by atoms with van der Waals surface area (Å²) >= 11 is 4.34. The Kier molecular flexibility index (Phi) is 3.97. The van der Waals surface area contributed by atoms with Crippen molar-refractivity contribution in [3.05, 3.63) is 41.1 Å². The first-order chi connectivity index (χ1) is 6.98. The van der Waals surface area contributed by atoms with Crippen LogP contribution in [0.3, 0.4) is 0 Å². The van der Waals surface area contributed by atoms with Gasteiger partial charge in [-0.2, -0.15) is 0 Å². The van der Waals surface area contributed by atoms with E-state index in [1.807, 2.05) is 6.07 Å². The molecule has 0 atom stereocenters. The van der Waals surface area contributed by atoms with Crippen molar-refractivity contribution in [2.45, 2.75) is 39.0 Å². The molecule has 0 bridgehead atoms. The average molecular weight is 221 g/mol. The van der Waals surface area contributed by atoms with Crippen LogP contribution in [0.5, 0.6) is 0 Å². The molecule has 1 nitrogen and oxygen atoms in total. The van der Waals surface area contributed by atoms with E-state index in [1.54, 1.807) is 0 Å². The van der Waals surface area contributed by atoms with Crippen molar-refractivity contribution in [2.75, 3.05) is 0 Å². The van der Waals surface area contributed by atoms with Gasteiger partial charge in [-0.25, -0.2) is 0 Å². The molecule has 2 heteroatoms. The zero-order chi connectivity index (χ0) is 11.5. The van der Waals surface area contributed by atoms with E-state index in [0.717, 1.165) is 29.1 Å². The number of aryl methyl sites for hydroxylation is 1. The monoisotopic (exact) mass is 221 g/mol. The smallest absolute Gasteiger partial charge is 0.0511 e. The summed E-state index contributed by atoms with van der Waals surface area (Å²) in [6.07, 6.45) is 2.15. The van der Waals surface area contributed by atoms with Crippen LogP contribution in [0.4, 0.5) is 0 Å². The maximum absolute atomic E-state index is 4.65. The topological polar surface area (TPSA) is 12.9 Å². The molecule has 0 aliphatic rings. The molecule has 0 spiro atoms. The van der Waals surface area contributed by atoms with Crippen LogP contribution < -0.4 is 0 Å². The van der Waals surface area contributed by atoms with Gasteiger partial charge in [-0.15, -0.1) is 12.6 Å². The fourth-order valence-electron chi connectivity index (χ4n) is 1.37. The van der Waals surface area contributed by atoms with Crippen LogP contribution in [0.15, 0.2) is 29.7 Å². The van der Waals surface area contributed by atoms with Gasteiger partial charge in [0.1, 0.15) is 0 Å². The van der Waals surface area contributed by atoms with E-state index in [4.69, 9.17) is 0 Å². The second kappa shape index (κ2) is 4.84. The highest BCUT2D eigenvalue weighted by Gasteiger charge is 2.23. The third kappa shape index (κ3) is 2.85. The molecule has 1 rings (SSSR count). The van der Waals surface area contributed by atoms with Gasteiger partial charge in [0.25, 0.3) is 0 Å². The third-order valence-electron chi connectivity index (χ3n) is 2.67. The molecule has 0 unspecified atom stereocenters. The van der Waals surface area contributed by atoms with E-state index in [9.17, 15) is 0 Å². The Morgan fingerprint density at radius 2 is 2.13 bits per heavy atom. The average Bonchev–Trinajstić information content (AvgIpc) is 2.18. The highest BCUT2D eigenvalue weighted by atomic mass is 32.1. The lowest BCUT2D eigenvalue weighted by Gasteiger charge is -2.24. The van der Waals surface area contributed by atoms with Gasteiger partial charge in [0, 0.05) is 11.1 Å². The number of allylic oxidation sites excluding steroid dienone is 1. The van der Waals surface area contributed by atoms with Crippen molar-refractivity contribution < 1.29 is 0 Å². The van der Waals surface area contributed by atoms with Crippen LogP contribution >= 0.6 is 12.6 Å². The van der Waals surface area contributed by atoms with Crippen LogP contribution in [0, 0.1) is 0 Å². The molecule has 0 aromatic carbocycles. The van der Waals surface area contributed by atoms with Gasteiger partial charge in [-0.1, -0.05) is 26.0 Å². The van der Waals surface area contributed by atoms with Crippen molar-refractivity contribution in [2.24, 2.45) is 0 Å². The van der Waals surface area contributed by atoms with Gasteiger partial charge in [0.2, 0.25) is 0 Å². The number of hydrogen-bond acceptors (Lipinski definition) is 2. The fraction of sp³-hybridized carbons (Fsp3) is 0.462. The Labute approximate surface area is 98.0 Å². The lowest BCUT2D eigenvalue weighted by Crippen LogP contribution is -2.19. The third-order valence-corrected chi connectivity index (χ3v) is 3.23. The second-order valence-electron chi connectivity index (χ2n) is 4.34. The summed E-state index contributed by atoms with van der Waals surface area (Å²) < 4.78 is 0. The quantitative estimate of drug-likeness (QED) is 0.764. The summed E-state index contributed by atoms with van der Waals surface area (Å²) in [5, 5.41) is 0. The molecule has 1 aromatic rings. The van der Waals surface area contributed by atoms with Crippen molar-refractivity contribution in [3.8, 4) is 0 Å². The van der Waals surface area contributed by atoms with Crippen molar-refractivity contribution in [1.82, 2.24) is 4.98 Å². The summed E-state index contributed by atoms with van der Waals surface area (Å²) in [5.41, 5.74) is 2.04. The maximum atomic E-state index is 4.65. The zero-order valence-corrected chi connectivity index (χ0v) is 10.6. The van der Waals surface area contributed by atoms with Crippen LogP contribution in [-0.2, 0) is 11.8 Å². The molecule has 0 N–H and O–H groups in total. The minimum absolute atomic E-state index is 0.160. The van der Waals surface area contributed by atoms with Gasteiger partial charge in [0.15, 0.2) is 0 Å². The fourth-order valence-corrected chi connectivity index (χ4v) is 1.49. The van der Waals surface area contributed by atoms with Gasteiger partial charge in [-0.05, 0) is 37.3 Å². The Morgan fingerprint density at radius 1 is 1.47 bits per heavy atom. The zero-order valence-electron chi connectivity index (χ0n) is 9.75. The number of thiol groups is 1. The van der Waals surface area contributed by atoms with Crippen molar-refractivity contribution in [1.29, 1.82) is 0 Å². The lowest BCUT2D eigenvalue weighted by atomic mass is 9.88. The minimum Gasteiger partial charge on any atom is -0.257 e. The van der Waals surface area contributed by atoms with E-state index in [-0.39, 0.29) is 5.41 Å². The van der Waals surface area contributed by atoms with Crippen molar-refractivity contribution >= 4 is 12.6 Å². The van der Waals surface area contributed by atoms with Crippen LogP contribution in [0.2, 0.25) is 0 Å². The highest BCUT2D eigenvalue weighted by molar-refractivity contribution is 7.84. The Bertz CT molecular complexity index is 355. The second-order valence-corrected chi connectivity index (χ2v) is 4.88. The van der Waals surface area contributed by atoms with Crippen molar-refractivity contribution in [3.63, 3.8) is 0 Å². The molecule has 1 heterocycles. The molecule has 0 radical (unpaired) electrons. The molecule has 0 saturated heterocycles. The SMILES string of the molecule is C=C(S)C(C)(C)c1cccc(CCC)n1. The summed E-state index contributed by atoms with van der Waals surface area (Å²) in [7, 11) is 0. The summed E-state index contributed by atoms with van der Waals surface area (Å²) in [6, 6.07) is 6.18.